The maximum Gasteiger partial charge on any atom is 0.341 e. The molecule has 0 amide bonds. The molecule has 0 bridgehead atoms. The third-order valence-electron chi connectivity index (χ3n) is 2.18. The first-order valence-electron chi connectivity index (χ1n) is 4.97. The van der Waals surface area contributed by atoms with E-state index in [1.807, 2.05) is 0 Å². The van der Waals surface area contributed by atoms with Crippen LogP contribution >= 0.6 is 27.3 Å². The summed E-state index contributed by atoms with van der Waals surface area (Å²) in [7, 11) is 1.52. The Hall–Kier alpha value is -1.14. The second-order valence-electron chi connectivity index (χ2n) is 3.21. The molecular weight excluding hydrogens is 306 g/mol. The number of hydrogen-bond donors (Lipinski definition) is 0. The van der Waals surface area contributed by atoms with Crippen molar-refractivity contribution in [3.05, 3.63) is 21.6 Å². The first-order valence-corrected chi connectivity index (χ1v) is 6.58. The zero-order chi connectivity index (χ0) is 12.4. The lowest BCUT2D eigenvalue weighted by Gasteiger charge is -2.07. The van der Waals surface area contributed by atoms with Crippen LogP contribution in [0.5, 0.6) is 5.75 Å². The Morgan fingerprint density at radius 3 is 2.94 bits per heavy atom. The number of rotatable bonds is 3. The molecule has 17 heavy (non-hydrogen) atoms. The van der Waals surface area contributed by atoms with Gasteiger partial charge in [-0.3, -0.25) is 0 Å². The molecule has 0 saturated heterocycles. The van der Waals surface area contributed by atoms with E-state index >= 15 is 0 Å². The van der Waals surface area contributed by atoms with E-state index in [0.29, 0.717) is 17.9 Å². The summed E-state index contributed by atoms with van der Waals surface area (Å²) in [6.45, 7) is 2.11. The molecule has 1 aromatic heterocycles. The zero-order valence-corrected chi connectivity index (χ0v) is 11.7. The average Bonchev–Trinajstić information content (AvgIpc) is 2.66. The topological polar surface area (TPSA) is 48.4 Å². The number of thiazole rings is 1. The van der Waals surface area contributed by atoms with Gasteiger partial charge in [0.2, 0.25) is 0 Å². The van der Waals surface area contributed by atoms with Gasteiger partial charge in [0.05, 0.1) is 23.9 Å². The van der Waals surface area contributed by atoms with Crippen LogP contribution in [0.3, 0.4) is 0 Å². The fourth-order valence-electron chi connectivity index (χ4n) is 1.46. The Morgan fingerprint density at radius 2 is 2.29 bits per heavy atom. The third-order valence-corrected chi connectivity index (χ3v) is 3.65. The van der Waals surface area contributed by atoms with Gasteiger partial charge in [-0.15, -0.1) is 11.3 Å². The van der Waals surface area contributed by atoms with Crippen LogP contribution in [0.4, 0.5) is 0 Å². The van der Waals surface area contributed by atoms with Crippen molar-refractivity contribution in [2.45, 2.75) is 6.92 Å². The predicted octanol–water partition coefficient (Wildman–Crippen LogP) is 3.24. The highest BCUT2D eigenvalue weighted by molar-refractivity contribution is 9.11. The third kappa shape index (κ3) is 2.42. The van der Waals surface area contributed by atoms with Gasteiger partial charge < -0.3 is 9.47 Å². The summed E-state index contributed by atoms with van der Waals surface area (Å²) in [6.07, 6.45) is 0. The second-order valence-corrected chi connectivity index (χ2v) is 5.51. The van der Waals surface area contributed by atoms with Crippen LogP contribution in [0, 0.1) is 0 Å². The van der Waals surface area contributed by atoms with Crippen LogP contribution in [-0.4, -0.2) is 24.7 Å². The molecule has 6 heteroatoms. The first kappa shape index (κ1) is 12.3. The molecule has 0 atom stereocenters. The van der Waals surface area contributed by atoms with Crippen molar-refractivity contribution in [3.63, 3.8) is 0 Å². The number of methoxy groups -OCH3 is 1. The van der Waals surface area contributed by atoms with E-state index in [-0.39, 0.29) is 5.97 Å². The number of carbonyl (C=O) groups excluding carboxylic acids is 1. The van der Waals surface area contributed by atoms with E-state index < -0.39 is 0 Å². The monoisotopic (exact) mass is 315 g/mol. The highest BCUT2D eigenvalue weighted by Crippen LogP contribution is 2.32. The molecule has 0 unspecified atom stereocenters. The molecule has 1 heterocycles. The van der Waals surface area contributed by atoms with Gasteiger partial charge in [-0.2, -0.15) is 0 Å². The maximum absolute atomic E-state index is 11.7. The predicted molar refractivity (Wildman–Crippen MR) is 69.8 cm³/mol. The number of ether oxygens (including phenoxy) is 2. The van der Waals surface area contributed by atoms with E-state index in [0.717, 1.165) is 14.1 Å². The molecule has 0 spiro atoms. The SMILES string of the molecule is CCOC(=O)c1cc2sc(Br)nc2cc1OC. The second kappa shape index (κ2) is 5.01. The Morgan fingerprint density at radius 1 is 1.53 bits per heavy atom. The summed E-state index contributed by atoms with van der Waals surface area (Å²) in [5.74, 6) is 0.101. The van der Waals surface area contributed by atoms with Crippen LogP contribution < -0.4 is 4.74 Å². The number of halogens is 1. The molecule has 4 nitrogen and oxygen atoms in total. The molecule has 0 radical (unpaired) electrons. The number of esters is 1. The van der Waals surface area contributed by atoms with Gasteiger partial charge in [0.1, 0.15) is 11.3 Å². The molecule has 90 valence electrons. The lowest BCUT2D eigenvalue weighted by atomic mass is 10.2. The van der Waals surface area contributed by atoms with Gasteiger partial charge in [-0.25, -0.2) is 9.78 Å². The van der Waals surface area contributed by atoms with Crippen LogP contribution in [0.25, 0.3) is 10.2 Å². The van der Waals surface area contributed by atoms with Crippen molar-refractivity contribution < 1.29 is 14.3 Å². The standard InChI is InChI=1S/C11H10BrNO3S/c1-3-16-10(14)6-4-9-7(5-8(6)15-2)13-11(12)17-9/h4-5H,3H2,1-2H3. The maximum atomic E-state index is 11.7. The zero-order valence-electron chi connectivity index (χ0n) is 9.32. The summed E-state index contributed by atoms with van der Waals surface area (Å²) in [5.41, 5.74) is 1.23. The smallest absolute Gasteiger partial charge is 0.341 e. The molecule has 2 rings (SSSR count). The molecule has 0 aliphatic rings. The summed E-state index contributed by atoms with van der Waals surface area (Å²) in [6, 6.07) is 3.48. The summed E-state index contributed by atoms with van der Waals surface area (Å²) >= 11 is 4.78. The Kier molecular flexibility index (Phi) is 3.63. The van der Waals surface area contributed by atoms with Crippen molar-refractivity contribution in [2.24, 2.45) is 0 Å². The van der Waals surface area contributed by atoms with Crippen LogP contribution in [0.2, 0.25) is 0 Å². The number of fused-ring (bicyclic) bond motifs is 1. The van der Waals surface area contributed by atoms with Crippen LogP contribution in [0.1, 0.15) is 17.3 Å². The highest BCUT2D eigenvalue weighted by Gasteiger charge is 2.16. The summed E-state index contributed by atoms with van der Waals surface area (Å²) in [5, 5.41) is 0. The Labute approximate surface area is 111 Å². The van der Waals surface area contributed by atoms with E-state index in [1.54, 1.807) is 19.1 Å². The fraction of sp³-hybridized carbons (Fsp3) is 0.273. The molecule has 0 saturated carbocycles. The minimum atomic E-state index is -0.379. The molecule has 0 aliphatic carbocycles. The Balaban J connectivity index is 2.55. The van der Waals surface area contributed by atoms with Gasteiger partial charge in [-0.05, 0) is 28.9 Å². The minimum absolute atomic E-state index is 0.340. The van der Waals surface area contributed by atoms with Crippen molar-refractivity contribution in [1.82, 2.24) is 4.98 Å². The number of carbonyl (C=O) groups is 1. The van der Waals surface area contributed by atoms with Gasteiger partial charge in [0.15, 0.2) is 3.92 Å². The van der Waals surface area contributed by atoms with E-state index in [4.69, 9.17) is 9.47 Å². The average molecular weight is 316 g/mol. The van der Waals surface area contributed by atoms with Crippen LogP contribution in [0.15, 0.2) is 16.0 Å². The lowest BCUT2D eigenvalue weighted by molar-refractivity contribution is 0.0523. The van der Waals surface area contributed by atoms with Gasteiger partial charge >= 0.3 is 5.97 Å². The normalized spacial score (nSPS) is 10.5. The number of benzene rings is 1. The number of aromatic nitrogens is 1. The Bertz CT molecular complexity index is 567. The molecule has 1 aromatic carbocycles. The van der Waals surface area contributed by atoms with Gasteiger partial charge in [0.25, 0.3) is 0 Å². The summed E-state index contributed by atoms with van der Waals surface area (Å²) in [4.78, 5) is 16.0. The first-order chi connectivity index (χ1) is 8.15. The molecule has 2 aromatic rings. The number of hydrogen-bond acceptors (Lipinski definition) is 5. The van der Waals surface area contributed by atoms with Crippen molar-refractivity contribution in [1.29, 1.82) is 0 Å². The van der Waals surface area contributed by atoms with E-state index in [1.165, 1.54) is 18.4 Å². The van der Waals surface area contributed by atoms with Crippen molar-refractivity contribution >= 4 is 43.5 Å². The van der Waals surface area contributed by atoms with Gasteiger partial charge in [0, 0.05) is 6.07 Å². The molecule has 0 fully saturated rings. The minimum Gasteiger partial charge on any atom is -0.496 e. The van der Waals surface area contributed by atoms with Crippen LogP contribution in [-0.2, 0) is 4.74 Å². The quantitative estimate of drug-likeness (QED) is 0.816. The van der Waals surface area contributed by atoms with Crippen molar-refractivity contribution in [2.75, 3.05) is 13.7 Å². The number of nitrogens with zero attached hydrogens (tertiary/aromatic N) is 1. The fourth-order valence-corrected chi connectivity index (χ4v) is 2.89. The van der Waals surface area contributed by atoms with E-state index in [2.05, 4.69) is 20.9 Å². The largest absolute Gasteiger partial charge is 0.496 e. The highest BCUT2D eigenvalue weighted by atomic mass is 79.9. The molecule has 0 aliphatic heterocycles. The van der Waals surface area contributed by atoms with Crippen molar-refractivity contribution in [3.8, 4) is 5.75 Å². The molecule has 0 N–H and O–H groups in total. The van der Waals surface area contributed by atoms with Gasteiger partial charge in [-0.1, -0.05) is 0 Å². The molecular formula is C11H10BrNO3S. The lowest BCUT2D eigenvalue weighted by Crippen LogP contribution is -2.06. The summed E-state index contributed by atoms with van der Waals surface area (Å²) < 4.78 is 11.8. The van der Waals surface area contributed by atoms with E-state index in [9.17, 15) is 4.79 Å².